The first-order valence-corrected chi connectivity index (χ1v) is 10.6. The van der Waals surface area contributed by atoms with Crippen LogP contribution in [0.25, 0.3) is 0 Å². The molecule has 0 aromatic heterocycles. The van der Waals surface area contributed by atoms with Crippen molar-refractivity contribution in [3.63, 3.8) is 0 Å². The smallest absolute Gasteiger partial charge is 0.323 e. The second-order valence-electron chi connectivity index (χ2n) is 7.33. The second kappa shape index (κ2) is 13.1. The van der Waals surface area contributed by atoms with Crippen molar-refractivity contribution in [2.45, 2.75) is 44.7 Å². The lowest BCUT2D eigenvalue weighted by atomic mass is 10.0. The van der Waals surface area contributed by atoms with Gasteiger partial charge in [0.1, 0.15) is 18.6 Å². The highest BCUT2D eigenvalue weighted by molar-refractivity contribution is 5.79. The molecule has 0 amide bonds. The van der Waals surface area contributed by atoms with Crippen molar-refractivity contribution in [2.24, 2.45) is 0 Å². The van der Waals surface area contributed by atoms with Gasteiger partial charge < -0.3 is 20.3 Å². The number of benzene rings is 2. The van der Waals surface area contributed by atoms with Crippen LogP contribution in [0.1, 0.15) is 30.9 Å². The summed E-state index contributed by atoms with van der Waals surface area (Å²) in [7, 11) is 0. The van der Waals surface area contributed by atoms with Gasteiger partial charge in [0, 0.05) is 5.69 Å². The van der Waals surface area contributed by atoms with Gasteiger partial charge in [0.2, 0.25) is 0 Å². The number of hydrogen-bond donors (Lipinski definition) is 4. The van der Waals surface area contributed by atoms with E-state index >= 15 is 0 Å². The van der Waals surface area contributed by atoms with Gasteiger partial charge in [-0.15, -0.1) is 0 Å². The molecule has 0 heterocycles. The van der Waals surface area contributed by atoms with E-state index in [0.29, 0.717) is 24.9 Å². The van der Waals surface area contributed by atoms with Crippen molar-refractivity contribution in [1.82, 2.24) is 5.32 Å². The molecule has 0 bridgehead atoms. The highest BCUT2D eigenvalue weighted by Gasteiger charge is 2.27. The molecular formula is C24H30N2O6. The van der Waals surface area contributed by atoms with E-state index < -0.39 is 30.0 Å². The fourth-order valence-electron chi connectivity index (χ4n) is 3.37. The summed E-state index contributed by atoms with van der Waals surface area (Å²) in [6.07, 6.45) is 1.62. The third kappa shape index (κ3) is 8.39. The standard InChI is InChI=1S/C24H30N2O6/c1-2-32-24(31)21(14-12-17-8-4-3-5-9-17)26-20(23(29)30)15-13-18-10-6-7-11-19(18)25-16-22(27)28/h3-11,20-21,25-26H,2,12-16H2,1H3,(H,27,28)(H,29,30)/t20-,21-/m0/s1. The van der Waals surface area contributed by atoms with E-state index in [2.05, 4.69) is 10.6 Å². The maximum atomic E-state index is 12.5. The lowest BCUT2D eigenvalue weighted by Gasteiger charge is -2.22. The minimum Gasteiger partial charge on any atom is -0.480 e. The van der Waals surface area contributed by atoms with Crippen molar-refractivity contribution >= 4 is 23.6 Å². The van der Waals surface area contributed by atoms with Crippen molar-refractivity contribution in [2.75, 3.05) is 18.5 Å². The molecule has 8 nitrogen and oxygen atoms in total. The minimum absolute atomic E-state index is 0.211. The average molecular weight is 443 g/mol. The van der Waals surface area contributed by atoms with Crippen LogP contribution in [0.4, 0.5) is 5.69 Å². The number of hydrogen-bond acceptors (Lipinski definition) is 6. The van der Waals surface area contributed by atoms with E-state index in [-0.39, 0.29) is 19.6 Å². The fraction of sp³-hybridized carbons (Fsp3) is 0.375. The van der Waals surface area contributed by atoms with Crippen molar-refractivity contribution in [1.29, 1.82) is 0 Å². The summed E-state index contributed by atoms with van der Waals surface area (Å²) in [5, 5.41) is 24.4. The number of carbonyl (C=O) groups excluding carboxylic acids is 1. The third-order valence-corrected chi connectivity index (χ3v) is 4.99. The Balaban J connectivity index is 2.06. The molecule has 0 aliphatic rings. The van der Waals surface area contributed by atoms with Gasteiger partial charge in [-0.2, -0.15) is 0 Å². The Labute approximate surface area is 187 Å². The van der Waals surface area contributed by atoms with Crippen molar-refractivity contribution in [3.05, 3.63) is 65.7 Å². The Morgan fingerprint density at radius 3 is 2.22 bits per heavy atom. The molecule has 2 atom stereocenters. The van der Waals surface area contributed by atoms with Crippen LogP contribution in [-0.4, -0.2) is 53.4 Å². The summed E-state index contributed by atoms with van der Waals surface area (Å²) >= 11 is 0. The summed E-state index contributed by atoms with van der Waals surface area (Å²) in [5.41, 5.74) is 2.50. The SMILES string of the molecule is CCOC(=O)[C@H](CCc1ccccc1)N[C@@H](CCc1ccccc1NCC(=O)O)C(=O)O. The topological polar surface area (TPSA) is 125 Å². The molecular weight excluding hydrogens is 412 g/mol. The van der Waals surface area contributed by atoms with Crippen LogP contribution in [0, 0.1) is 0 Å². The van der Waals surface area contributed by atoms with E-state index in [1.807, 2.05) is 42.5 Å². The van der Waals surface area contributed by atoms with Gasteiger partial charge in [-0.05, 0) is 49.8 Å². The maximum Gasteiger partial charge on any atom is 0.323 e. The Morgan fingerprint density at radius 1 is 0.906 bits per heavy atom. The molecule has 2 rings (SSSR count). The lowest BCUT2D eigenvalue weighted by Crippen LogP contribution is -2.48. The number of rotatable bonds is 14. The van der Waals surface area contributed by atoms with Crippen LogP contribution < -0.4 is 10.6 Å². The molecule has 0 unspecified atom stereocenters. The predicted octanol–water partition coefficient (Wildman–Crippen LogP) is 2.72. The number of carboxylic acid groups (broad SMARTS) is 2. The number of anilines is 1. The third-order valence-electron chi connectivity index (χ3n) is 4.99. The number of carbonyl (C=O) groups is 3. The lowest BCUT2D eigenvalue weighted by molar-refractivity contribution is -0.147. The zero-order valence-electron chi connectivity index (χ0n) is 18.1. The summed E-state index contributed by atoms with van der Waals surface area (Å²) < 4.78 is 5.15. The molecule has 0 aliphatic carbocycles. The Kier molecular flexibility index (Phi) is 10.2. The highest BCUT2D eigenvalue weighted by Crippen LogP contribution is 2.18. The van der Waals surface area contributed by atoms with Crippen LogP contribution >= 0.6 is 0 Å². The quantitative estimate of drug-likeness (QED) is 0.329. The molecule has 32 heavy (non-hydrogen) atoms. The zero-order valence-corrected chi connectivity index (χ0v) is 18.1. The van der Waals surface area contributed by atoms with Gasteiger partial charge in [0.25, 0.3) is 0 Å². The maximum absolute atomic E-state index is 12.5. The van der Waals surface area contributed by atoms with E-state index in [1.165, 1.54) is 0 Å². The summed E-state index contributed by atoms with van der Waals surface area (Å²) in [6.45, 7) is 1.69. The molecule has 4 N–H and O–H groups in total. The van der Waals surface area contributed by atoms with Crippen LogP contribution in [0.15, 0.2) is 54.6 Å². The first-order valence-electron chi connectivity index (χ1n) is 10.6. The zero-order chi connectivity index (χ0) is 23.3. The predicted molar refractivity (Wildman–Crippen MR) is 121 cm³/mol. The molecule has 0 spiro atoms. The van der Waals surface area contributed by atoms with Crippen LogP contribution in [-0.2, 0) is 32.0 Å². The largest absolute Gasteiger partial charge is 0.480 e. The van der Waals surface area contributed by atoms with Crippen LogP contribution in [0.2, 0.25) is 0 Å². The van der Waals surface area contributed by atoms with E-state index in [0.717, 1.165) is 11.1 Å². The molecule has 0 aliphatic heterocycles. The van der Waals surface area contributed by atoms with Crippen LogP contribution in [0.5, 0.6) is 0 Å². The number of nitrogens with one attached hydrogen (secondary N) is 2. The van der Waals surface area contributed by atoms with Gasteiger partial charge in [-0.3, -0.25) is 19.7 Å². The summed E-state index contributed by atoms with van der Waals surface area (Å²) in [4.78, 5) is 35.2. The monoisotopic (exact) mass is 442 g/mol. The van der Waals surface area contributed by atoms with E-state index in [9.17, 15) is 19.5 Å². The molecule has 0 fully saturated rings. The Morgan fingerprint density at radius 2 is 1.56 bits per heavy atom. The molecule has 0 saturated heterocycles. The van der Waals surface area contributed by atoms with Gasteiger partial charge in [-0.1, -0.05) is 48.5 Å². The number of carboxylic acids is 2. The first-order chi connectivity index (χ1) is 15.4. The molecule has 2 aromatic rings. The van der Waals surface area contributed by atoms with Gasteiger partial charge in [0.05, 0.1) is 6.61 Å². The molecule has 2 aromatic carbocycles. The van der Waals surface area contributed by atoms with Gasteiger partial charge in [0.15, 0.2) is 0 Å². The van der Waals surface area contributed by atoms with Crippen molar-refractivity contribution in [3.8, 4) is 0 Å². The normalized spacial score (nSPS) is 12.5. The number of para-hydroxylation sites is 1. The Bertz CT molecular complexity index is 887. The van der Waals surface area contributed by atoms with Crippen molar-refractivity contribution < 1.29 is 29.3 Å². The highest BCUT2D eigenvalue weighted by atomic mass is 16.5. The number of esters is 1. The second-order valence-corrected chi connectivity index (χ2v) is 7.33. The average Bonchev–Trinajstić information content (AvgIpc) is 2.78. The summed E-state index contributed by atoms with van der Waals surface area (Å²) in [5.74, 6) is -2.52. The number of ether oxygens (including phenoxy) is 1. The van der Waals surface area contributed by atoms with Crippen LogP contribution in [0.3, 0.4) is 0 Å². The molecule has 0 saturated carbocycles. The van der Waals surface area contributed by atoms with E-state index in [4.69, 9.17) is 9.84 Å². The summed E-state index contributed by atoms with van der Waals surface area (Å²) in [6, 6.07) is 15.1. The fourth-order valence-corrected chi connectivity index (χ4v) is 3.37. The first kappa shape index (κ1) is 24.9. The number of aryl methyl sites for hydroxylation is 2. The minimum atomic E-state index is -1.06. The van der Waals surface area contributed by atoms with Gasteiger partial charge >= 0.3 is 17.9 Å². The Hall–Kier alpha value is -3.39. The molecule has 0 radical (unpaired) electrons. The number of aliphatic carboxylic acids is 2. The molecule has 8 heteroatoms. The van der Waals surface area contributed by atoms with Gasteiger partial charge in [-0.25, -0.2) is 0 Å². The van der Waals surface area contributed by atoms with E-state index in [1.54, 1.807) is 19.1 Å². The molecule has 172 valence electrons.